The molecule has 0 aromatic heterocycles. The van der Waals surface area contributed by atoms with Crippen molar-refractivity contribution in [1.82, 2.24) is 10.6 Å². The zero-order valence-corrected chi connectivity index (χ0v) is 21.6. The molecular formula is C32H31FN2O3. The van der Waals surface area contributed by atoms with Gasteiger partial charge < -0.3 is 15.4 Å². The van der Waals surface area contributed by atoms with Crippen molar-refractivity contribution in [3.8, 4) is 16.9 Å². The number of hydrogen-bond acceptors (Lipinski definition) is 3. The summed E-state index contributed by atoms with van der Waals surface area (Å²) >= 11 is 0. The first-order chi connectivity index (χ1) is 18.4. The van der Waals surface area contributed by atoms with Gasteiger partial charge in [-0.15, -0.1) is 0 Å². The molecular weight excluding hydrogens is 479 g/mol. The zero-order chi connectivity index (χ0) is 26.9. The number of ether oxygens (including phenoxy) is 1. The Balaban J connectivity index is 1.42. The van der Waals surface area contributed by atoms with Crippen LogP contribution in [-0.2, 0) is 24.3 Å². The molecule has 0 aliphatic heterocycles. The van der Waals surface area contributed by atoms with Crippen molar-refractivity contribution in [2.45, 2.75) is 32.9 Å². The van der Waals surface area contributed by atoms with Crippen molar-refractivity contribution in [3.63, 3.8) is 0 Å². The van der Waals surface area contributed by atoms with Crippen molar-refractivity contribution in [2.75, 3.05) is 7.11 Å². The summed E-state index contributed by atoms with van der Waals surface area (Å²) in [4.78, 5) is 25.7. The Morgan fingerprint density at radius 2 is 1.47 bits per heavy atom. The maximum atomic E-state index is 14.2. The summed E-state index contributed by atoms with van der Waals surface area (Å²) in [5.41, 5.74) is 5.31. The van der Waals surface area contributed by atoms with Crippen LogP contribution in [-0.4, -0.2) is 18.9 Å². The molecule has 4 aromatic rings. The Kier molecular flexibility index (Phi) is 8.88. The molecule has 0 saturated carbocycles. The van der Waals surface area contributed by atoms with E-state index in [-0.39, 0.29) is 24.2 Å². The second-order valence-electron chi connectivity index (χ2n) is 9.11. The molecule has 4 rings (SSSR count). The number of carbonyl (C=O) groups is 2. The number of rotatable bonds is 10. The van der Waals surface area contributed by atoms with Gasteiger partial charge in [-0.1, -0.05) is 66.7 Å². The van der Waals surface area contributed by atoms with E-state index in [4.69, 9.17) is 4.74 Å². The molecule has 0 bridgehead atoms. The quantitative estimate of drug-likeness (QED) is 0.275. The standard InChI is InChI=1S/C32H31FN2O3/c1-22-11-15-25(30(33)19-22)21-35-32(37)29-10-6-5-9-28(29)27-8-4-3-7-24(27)20-34-31(36)18-14-23-12-16-26(38-2)17-13-23/h3-13,15-17,19H,14,18,20-21H2,1-2H3,(H,34,36)(H,35,37). The molecule has 0 spiro atoms. The maximum absolute atomic E-state index is 14.2. The molecule has 0 aliphatic carbocycles. The molecule has 0 unspecified atom stereocenters. The summed E-state index contributed by atoms with van der Waals surface area (Å²) in [7, 11) is 1.62. The summed E-state index contributed by atoms with van der Waals surface area (Å²) in [5.74, 6) is 0.0958. The molecule has 0 saturated heterocycles. The number of methoxy groups -OCH3 is 1. The molecule has 4 aromatic carbocycles. The minimum absolute atomic E-state index is 0.0539. The van der Waals surface area contributed by atoms with Crippen LogP contribution < -0.4 is 15.4 Å². The van der Waals surface area contributed by atoms with Crippen LogP contribution in [0.1, 0.15) is 39.0 Å². The molecule has 0 fully saturated rings. The smallest absolute Gasteiger partial charge is 0.252 e. The minimum atomic E-state index is -0.341. The van der Waals surface area contributed by atoms with E-state index in [1.165, 1.54) is 6.07 Å². The van der Waals surface area contributed by atoms with Gasteiger partial charge in [0.15, 0.2) is 0 Å². The second kappa shape index (κ2) is 12.7. The van der Waals surface area contributed by atoms with Crippen molar-refractivity contribution in [2.24, 2.45) is 0 Å². The molecule has 0 radical (unpaired) electrons. The van der Waals surface area contributed by atoms with Crippen LogP contribution in [0.25, 0.3) is 11.1 Å². The fourth-order valence-electron chi connectivity index (χ4n) is 4.25. The Morgan fingerprint density at radius 1 is 0.789 bits per heavy atom. The second-order valence-corrected chi connectivity index (χ2v) is 9.11. The largest absolute Gasteiger partial charge is 0.497 e. The molecule has 194 valence electrons. The first kappa shape index (κ1) is 26.6. The summed E-state index contributed by atoms with van der Waals surface area (Å²) in [6, 6.07) is 27.6. The highest BCUT2D eigenvalue weighted by Gasteiger charge is 2.16. The van der Waals surface area contributed by atoms with Crippen molar-refractivity contribution >= 4 is 11.8 Å². The molecule has 0 heterocycles. The van der Waals surface area contributed by atoms with E-state index in [0.717, 1.165) is 33.6 Å². The number of hydrogen-bond donors (Lipinski definition) is 2. The lowest BCUT2D eigenvalue weighted by Crippen LogP contribution is -2.25. The van der Waals surface area contributed by atoms with Crippen molar-refractivity contribution in [1.29, 1.82) is 0 Å². The third-order valence-corrected chi connectivity index (χ3v) is 6.40. The van der Waals surface area contributed by atoms with Crippen molar-refractivity contribution in [3.05, 3.63) is 125 Å². The molecule has 38 heavy (non-hydrogen) atoms. The van der Waals surface area contributed by atoms with E-state index < -0.39 is 0 Å². The molecule has 0 aliphatic rings. The van der Waals surface area contributed by atoms with Gasteiger partial charge in [-0.25, -0.2) is 4.39 Å². The van der Waals surface area contributed by atoms with E-state index in [0.29, 0.717) is 30.5 Å². The number of aryl methyl sites for hydroxylation is 2. The average molecular weight is 511 g/mol. The van der Waals surface area contributed by atoms with Gasteiger partial charge in [0.2, 0.25) is 5.91 Å². The van der Waals surface area contributed by atoms with Gasteiger partial charge in [-0.2, -0.15) is 0 Å². The van der Waals surface area contributed by atoms with Crippen LogP contribution >= 0.6 is 0 Å². The van der Waals surface area contributed by atoms with E-state index in [1.54, 1.807) is 25.3 Å². The van der Waals surface area contributed by atoms with Crippen LogP contribution in [0.2, 0.25) is 0 Å². The fourth-order valence-corrected chi connectivity index (χ4v) is 4.25. The fraction of sp³-hybridized carbons (Fsp3) is 0.188. The van der Waals surface area contributed by atoms with Crippen LogP contribution in [0.5, 0.6) is 5.75 Å². The predicted octanol–water partition coefficient (Wildman–Crippen LogP) is 5.99. The van der Waals surface area contributed by atoms with Gasteiger partial charge in [0, 0.05) is 30.6 Å². The first-order valence-electron chi connectivity index (χ1n) is 12.5. The Labute approximate surface area is 222 Å². The summed E-state index contributed by atoms with van der Waals surface area (Å²) < 4.78 is 19.4. The monoisotopic (exact) mass is 510 g/mol. The highest BCUT2D eigenvalue weighted by Crippen LogP contribution is 2.27. The highest BCUT2D eigenvalue weighted by molar-refractivity contribution is 6.01. The third-order valence-electron chi connectivity index (χ3n) is 6.40. The van der Waals surface area contributed by atoms with Gasteiger partial charge in [-0.05, 0) is 65.4 Å². The summed E-state index contributed by atoms with van der Waals surface area (Å²) in [6.07, 6.45) is 0.991. The highest BCUT2D eigenvalue weighted by atomic mass is 19.1. The Bertz CT molecular complexity index is 1420. The number of benzene rings is 4. The van der Waals surface area contributed by atoms with E-state index in [1.807, 2.05) is 73.7 Å². The van der Waals surface area contributed by atoms with Crippen LogP contribution in [0, 0.1) is 12.7 Å². The van der Waals surface area contributed by atoms with E-state index in [9.17, 15) is 14.0 Å². The van der Waals surface area contributed by atoms with E-state index in [2.05, 4.69) is 10.6 Å². The summed E-state index contributed by atoms with van der Waals surface area (Å²) in [5, 5.41) is 5.84. The lowest BCUT2D eigenvalue weighted by molar-refractivity contribution is -0.121. The van der Waals surface area contributed by atoms with Gasteiger partial charge in [0.25, 0.3) is 5.91 Å². The lowest BCUT2D eigenvalue weighted by atomic mass is 9.94. The van der Waals surface area contributed by atoms with Gasteiger partial charge in [-0.3, -0.25) is 9.59 Å². The maximum Gasteiger partial charge on any atom is 0.252 e. The number of halogens is 1. The number of carbonyl (C=O) groups excluding carboxylic acids is 2. The number of amides is 2. The number of nitrogens with one attached hydrogen (secondary N) is 2. The summed E-state index contributed by atoms with van der Waals surface area (Å²) in [6.45, 7) is 2.25. The topological polar surface area (TPSA) is 67.4 Å². The average Bonchev–Trinajstić information content (AvgIpc) is 2.94. The molecule has 5 nitrogen and oxygen atoms in total. The van der Waals surface area contributed by atoms with Crippen molar-refractivity contribution < 1.29 is 18.7 Å². The zero-order valence-electron chi connectivity index (χ0n) is 21.6. The molecule has 6 heteroatoms. The predicted molar refractivity (Wildman–Crippen MR) is 147 cm³/mol. The minimum Gasteiger partial charge on any atom is -0.497 e. The Hall–Kier alpha value is -4.45. The van der Waals surface area contributed by atoms with E-state index >= 15 is 0 Å². The lowest BCUT2D eigenvalue weighted by Gasteiger charge is -2.15. The van der Waals surface area contributed by atoms with Gasteiger partial charge in [0.05, 0.1) is 7.11 Å². The molecule has 2 N–H and O–H groups in total. The van der Waals surface area contributed by atoms with Crippen LogP contribution in [0.4, 0.5) is 4.39 Å². The SMILES string of the molecule is COc1ccc(CCC(=O)NCc2ccccc2-c2ccccc2C(=O)NCc2ccc(C)cc2F)cc1. The van der Waals surface area contributed by atoms with Gasteiger partial charge in [0.1, 0.15) is 11.6 Å². The normalized spacial score (nSPS) is 10.6. The van der Waals surface area contributed by atoms with Gasteiger partial charge >= 0.3 is 0 Å². The van der Waals surface area contributed by atoms with Crippen LogP contribution in [0.15, 0.2) is 91.0 Å². The first-order valence-corrected chi connectivity index (χ1v) is 12.5. The molecule has 0 atom stereocenters. The Morgan fingerprint density at radius 3 is 2.21 bits per heavy atom. The third kappa shape index (κ3) is 6.85. The molecule has 2 amide bonds. The van der Waals surface area contributed by atoms with Crippen LogP contribution in [0.3, 0.4) is 0 Å².